The summed E-state index contributed by atoms with van der Waals surface area (Å²) in [6.45, 7) is 3.58. The van der Waals surface area contributed by atoms with Gasteiger partial charge in [-0.2, -0.15) is 0 Å². The van der Waals surface area contributed by atoms with E-state index in [0.717, 1.165) is 41.0 Å². The summed E-state index contributed by atoms with van der Waals surface area (Å²) in [5, 5.41) is 10.1. The Morgan fingerprint density at radius 3 is 2.38 bits per heavy atom. The van der Waals surface area contributed by atoms with Crippen molar-refractivity contribution in [1.29, 1.82) is 0 Å². The number of halogens is 4. The Morgan fingerprint density at radius 1 is 1.12 bits per heavy atom. The first kappa shape index (κ1) is 23.1. The van der Waals surface area contributed by atoms with Crippen LogP contribution in [0.2, 0.25) is 0 Å². The van der Waals surface area contributed by atoms with Crippen LogP contribution in [0.1, 0.15) is 35.0 Å². The van der Waals surface area contributed by atoms with Crippen LogP contribution in [0.4, 0.5) is 17.6 Å². The number of phenols is 1. The molecule has 0 fully saturated rings. The van der Waals surface area contributed by atoms with Gasteiger partial charge in [0.15, 0.2) is 11.6 Å². The monoisotopic (exact) mass is 453 g/mol. The molecule has 170 valence electrons. The Balaban J connectivity index is 2.05. The number of aromatic nitrogens is 1. The van der Waals surface area contributed by atoms with E-state index in [2.05, 4.69) is 4.74 Å². The average Bonchev–Trinajstić information content (AvgIpc) is 2.96. The number of rotatable bonds is 6. The van der Waals surface area contributed by atoms with Crippen molar-refractivity contribution >= 4 is 22.8 Å². The summed E-state index contributed by atoms with van der Waals surface area (Å²) in [5.41, 5.74) is 0.769. The normalized spacial score (nSPS) is 11.6. The quantitative estimate of drug-likeness (QED) is 0.425. The van der Waals surface area contributed by atoms with Crippen LogP contribution in [0.5, 0.6) is 11.5 Å². The molecule has 0 bridgehead atoms. The minimum absolute atomic E-state index is 0.00752. The lowest BCUT2D eigenvalue weighted by molar-refractivity contribution is -0.274. The maximum Gasteiger partial charge on any atom is 0.573 e. The molecule has 0 saturated heterocycles. The molecular formula is C22H19F4NO5. The molecule has 0 spiro atoms. The van der Waals surface area contributed by atoms with Gasteiger partial charge < -0.3 is 14.6 Å². The zero-order chi connectivity index (χ0) is 23.6. The van der Waals surface area contributed by atoms with E-state index in [1.807, 2.05) is 6.92 Å². The SMILES string of the molecule is CCCOC(=O)Cc1c(C)n(C(=O)c2ccc(OC(F)(F)F)cc2)c2cc(F)c(O)cc12. The highest BCUT2D eigenvalue weighted by molar-refractivity contribution is 6.05. The lowest BCUT2D eigenvalue weighted by Gasteiger charge is -2.11. The minimum Gasteiger partial charge on any atom is -0.505 e. The molecule has 2 aromatic carbocycles. The Bertz CT molecular complexity index is 1170. The summed E-state index contributed by atoms with van der Waals surface area (Å²) >= 11 is 0. The fourth-order valence-corrected chi connectivity index (χ4v) is 3.31. The molecule has 0 aliphatic carbocycles. The van der Waals surface area contributed by atoms with Crippen molar-refractivity contribution in [2.45, 2.75) is 33.1 Å². The number of carbonyl (C=O) groups is 2. The third kappa shape index (κ3) is 4.84. The van der Waals surface area contributed by atoms with E-state index < -0.39 is 35.6 Å². The number of carbonyl (C=O) groups excluding carboxylic acids is 2. The van der Waals surface area contributed by atoms with E-state index in [1.54, 1.807) is 0 Å². The van der Waals surface area contributed by atoms with Gasteiger partial charge in [-0.15, -0.1) is 13.2 Å². The van der Waals surface area contributed by atoms with Gasteiger partial charge in [0.1, 0.15) is 5.75 Å². The number of hydrogen-bond acceptors (Lipinski definition) is 5. The predicted molar refractivity (Wildman–Crippen MR) is 106 cm³/mol. The molecule has 0 unspecified atom stereocenters. The number of aromatic hydroxyl groups is 1. The van der Waals surface area contributed by atoms with Gasteiger partial charge in [0.2, 0.25) is 0 Å². The van der Waals surface area contributed by atoms with Crippen LogP contribution in [0, 0.1) is 12.7 Å². The summed E-state index contributed by atoms with van der Waals surface area (Å²) in [6, 6.07) is 6.32. The van der Waals surface area contributed by atoms with E-state index in [1.165, 1.54) is 6.92 Å². The number of fused-ring (bicyclic) bond motifs is 1. The molecule has 0 saturated carbocycles. The maximum absolute atomic E-state index is 14.1. The van der Waals surface area contributed by atoms with Crippen LogP contribution in [0.15, 0.2) is 36.4 Å². The summed E-state index contributed by atoms with van der Waals surface area (Å²) in [5.74, 6) is -3.35. The molecule has 0 aliphatic rings. The van der Waals surface area contributed by atoms with Crippen LogP contribution < -0.4 is 4.74 Å². The molecule has 0 aliphatic heterocycles. The molecule has 1 N–H and O–H groups in total. The Labute approximate surface area is 180 Å². The molecule has 1 aromatic heterocycles. The summed E-state index contributed by atoms with van der Waals surface area (Å²) in [6.07, 6.45) is -4.48. The van der Waals surface area contributed by atoms with Crippen molar-refractivity contribution in [2.75, 3.05) is 6.61 Å². The summed E-state index contributed by atoms with van der Waals surface area (Å²) < 4.78 is 61.2. The van der Waals surface area contributed by atoms with Crippen molar-refractivity contribution in [3.63, 3.8) is 0 Å². The van der Waals surface area contributed by atoms with Gasteiger partial charge in [-0.25, -0.2) is 4.39 Å². The number of alkyl halides is 3. The lowest BCUT2D eigenvalue weighted by Crippen LogP contribution is -2.17. The fourth-order valence-electron chi connectivity index (χ4n) is 3.31. The fraction of sp³-hybridized carbons (Fsp3) is 0.273. The van der Waals surface area contributed by atoms with Crippen LogP contribution in [-0.2, 0) is 16.0 Å². The van der Waals surface area contributed by atoms with Gasteiger partial charge in [0, 0.05) is 22.7 Å². The molecule has 1 heterocycles. The Morgan fingerprint density at radius 2 is 1.78 bits per heavy atom. The van der Waals surface area contributed by atoms with E-state index in [9.17, 15) is 32.3 Å². The highest BCUT2D eigenvalue weighted by atomic mass is 19.4. The highest BCUT2D eigenvalue weighted by Crippen LogP contribution is 2.32. The third-order valence-corrected chi connectivity index (χ3v) is 4.73. The first-order valence-electron chi connectivity index (χ1n) is 9.60. The minimum atomic E-state index is -4.88. The molecule has 6 nitrogen and oxygen atoms in total. The first-order chi connectivity index (χ1) is 15.0. The van der Waals surface area contributed by atoms with Gasteiger partial charge in [0.05, 0.1) is 18.5 Å². The number of ether oxygens (including phenoxy) is 2. The third-order valence-electron chi connectivity index (χ3n) is 4.73. The molecule has 0 atom stereocenters. The lowest BCUT2D eigenvalue weighted by atomic mass is 10.1. The zero-order valence-corrected chi connectivity index (χ0v) is 17.1. The van der Waals surface area contributed by atoms with Gasteiger partial charge in [-0.05, 0) is 49.2 Å². The van der Waals surface area contributed by atoms with Crippen molar-refractivity contribution < 1.29 is 41.7 Å². The van der Waals surface area contributed by atoms with Crippen molar-refractivity contribution in [3.05, 3.63) is 59.0 Å². The first-order valence-corrected chi connectivity index (χ1v) is 9.60. The topological polar surface area (TPSA) is 77.8 Å². The second-order valence-electron chi connectivity index (χ2n) is 6.99. The molecule has 0 amide bonds. The van der Waals surface area contributed by atoms with Gasteiger partial charge in [-0.1, -0.05) is 6.92 Å². The summed E-state index contributed by atoms with van der Waals surface area (Å²) in [7, 11) is 0. The standard InChI is InChI=1S/C22H19F4NO5/c1-3-8-31-20(29)10-15-12(2)27(18-11-17(23)19(28)9-16(15)18)21(30)13-4-6-14(7-5-13)32-22(24,25)26/h4-7,9,11,28H,3,8,10H2,1-2H3. The maximum atomic E-state index is 14.1. The van der Waals surface area contributed by atoms with Crippen molar-refractivity contribution in [3.8, 4) is 11.5 Å². The molecule has 10 heteroatoms. The number of nitrogens with zero attached hydrogens (tertiary/aromatic N) is 1. The molecule has 0 radical (unpaired) electrons. The molecule has 3 aromatic rings. The van der Waals surface area contributed by atoms with E-state index >= 15 is 0 Å². The Hall–Kier alpha value is -3.56. The van der Waals surface area contributed by atoms with Crippen molar-refractivity contribution in [2.24, 2.45) is 0 Å². The van der Waals surface area contributed by atoms with Crippen molar-refractivity contribution in [1.82, 2.24) is 4.57 Å². The van der Waals surface area contributed by atoms with E-state index in [4.69, 9.17) is 4.74 Å². The molecule has 32 heavy (non-hydrogen) atoms. The van der Waals surface area contributed by atoms with Gasteiger partial charge in [-0.3, -0.25) is 14.2 Å². The van der Waals surface area contributed by atoms with Crippen LogP contribution in [0.3, 0.4) is 0 Å². The predicted octanol–water partition coefficient (Wildman–Crippen LogP) is 4.88. The highest BCUT2D eigenvalue weighted by Gasteiger charge is 2.31. The van der Waals surface area contributed by atoms with E-state index in [-0.39, 0.29) is 29.5 Å². The van der Waals surface area contributed by atoms with Crippen LogP contribution >= 0.6 is 0 Å². The summed E-state index contributed by atoms with van der Waals surface area (Å²) in [4.78, 5) is 25.3. The van der Waals surface area contributed by atoms with Gasteiger partial charge in [0.25, 0.3) is 5.91 Å². The number of hydrogen-bond donors (Lipinski definition) is 1. The van der Waals surface area contributed by atoms with Crippen LogP contribution in [0.25, 0.3) is 10.9 Å². The smallest absolute Gasteiger partial charge is 0.505 e. The number of esters is 1. The molecule has 3 rings (SSSR count). The zero-order valence-electron chi connectivity index (χ0n) is 17.1. The number of phenolic OH excluding ortho intramolecular Hbond substituents is 1. The van der Waals surface area contributed by atoms with E-state index in [0.29, 0.717) is 17.7 Å². The number of benzene rings is 2. The molecular weight excluding hydrogens is 434 g/mol. The second kappa shape index (κ2) is 8.89. The van der Waals surface area contributed by atoms with Gasteiger partial charge >= 0.3 is 12.3 Å². The van der Waals surface area contributed by atoms with Crippen LogP contribution in [-0.4, -0.2) is 34.5 Å². The average molecular weight is 453 g/mol. The largest absolute Gasteiger partial charge is 0.573 e. The Kier molecular flexibility index (Phi) is 6.42. The second-order valence-corrected chi connectivity index (χ2v) is 6.99.